The number of nitrogens with one attached hydrogen (secondary N) is 1. The number of rotatable bonds is 9. The molecule has 1 aliphatic rings. The van der Waals surface area contributed by atoms with Gasteiger partial charge in [0, 0.05) is 12.4 Å². The molecular weight excluding hydrogens is 511 g/mol. The summed E-state index contributed by atoms with van der Waals surface area (Å²) in [6.45, 7) is -0.953. The molecule has 2 aromatic rings. The number of aryl methyl sites for hydroxylation is 1. The number of thiazole rings is 1. The predicted octanol–water partition coefficient (Wildman–Crippen LogP) is -6.12. The van der Waals surface area contributed by atoms with Gasteiger partial charge < -0.3 is 27.8 Å². The van der Waals surface area contributed by atoms with E-state index in [1.165, 1.54) is 10.1 Å². The number of hydrogen-bond acceptors (Lipinski definition) is 14. The number of β-lactam (4-membered cyclic amide) rings is 1. The van der Waals surface area contributed by atoms with Crippen LogP contribution in [-0.2, 0) is 43.1 Å². The van der Waals surface area contributed by atoms with Gasteiger partial charge in [0.05, 0.1) is 0 Å². The first kappa shape index (κ1) is 27.3. The fourth-order valence-corrected chi connectivity index (χ4v) is 4.04. The Balaban J connectivity index is 0.00000306. The van der Waals surface area contributed by atoms with Crippen molar-refractivity contribution >= 4 is 50.4 Å². The molecule has 0 saturated carbocycles. The van der Waals surface area contributed by atoms with E-state index in [2.05, 4.69) is 35.7 Å². The van der Waals surface area contributed by atoms with Crippen molar-refractivity contribution in [1.82, 2.24) is 34.8 Å². The molecular formula is C13H17N10NaO8S2. The second kappa shape index (κ2) is 11.0. The molecule has 180 valence electrons. The van der Waals surface area contributed by atoms with Crippen LogP contribution in [0.5, 0.6) is 0 Å². The van der Waals surface area contributed by atoms with Crippen LogP contribution in [-0.4, -0.2) is 84.8 Å². The summed E-state index contributed by atoms with van der Waals surface area (Å²) >= 11 is 0.994. The number of carbonyl (C=O) groups excluding carboxylic acids is 3. The summed E-state index contributed by atoms with van der Waals surface area (Å²) in [4.78, 5) is 45.0. The number of amides is 3. The van der Waals surface area contributed by atoms with Gasteiger partial charge >= 0.3 is 46.0 Å². The maximum atomic E-state index is 12.8. The second-order valence-electron chi connectivity index (χ2n) is 6.26. The number of nitrogens with zero attached hydrogens (tertiary/aromatic N) is 7. The maximum absolute atomic E-state index is 12.8. The average molecular weight is 528 g/mol. The largest absolute Gasteiger partial charge is 1.00 e. The Morgan fingerprint density at radius 1 is 1.44 bits per heavy atom. The molecule has 0 aliphatic carbocycles. The zero-order chi connectivity index (χ0) is 24.3. The summed E-state index contributed by atoms with van der Waals surface area (Å²) in [6.07, 6.45) is -1.26. The van der Waals surface area contributed by atoms with Crippen LogP contribution in [0, 0.1) is 0 Å². The van der Waals surface area contributed by atoms with Crippen molar-refractivity contribution < 1.29 is 67.9 Å². The molecule has 1 aliphatic heterocycles. The quantitative estimate of drug-likeness (QED) is 0.0777. The zero-order valence-electron chi connectivity index (χ0n) is 18.6. The minimum Gasteiger partial charge on any atom is -1.00 e. The number of ether oxygens (including phenoxy) is 1. The van der Waals surface area contributed by atoms with Gasteiger partial charge in [0.25, 0.3) is 11.8 Å². The summed E-state index contributed by atoms with van der Waals surface area (Å²) in [5, 5.41) is 18.2. The molecule has 3 heterocycles. The van der Waals surface area contributed by atoms with E-state index >= 15 is 0 Å². The summed E-state index contributed by atoms with van der Waals surface area (Å²) in [7, 11) is -3.45. The van der Waals surface area contributed by atoms with E-state index in [9.17, 15) is 27.4 Å². The van der Waals surface area contributed by atoms with E-state index < -0.39 is 52.6 Å². The molecule has 1 fully saturated rings. The topological polar surface area (TPSA) is 260 Å². The summed E-state index contributed by atoms with van der Waals surface area (Å²) in [5.74, 6) is -1.92. The third-order valence-corrected chi connectivity index (χ3v) is 5.76. The molecule has 0 unspecified atom stereocenters. The number of nitrogen functional groups attached to an aromatic ring is 1. The molecule has 0 bridgehead atoms. The van der Waals surface area contributed by atoms with Crippen LogP contribution in [0.1, 0.15) is 12.9 Å². The van der Waals surface area contributed by atoms with Gasteiger partial charge in [-0.3, -0.25) is 14.1 Å². The Labute approximate surface area is 218 Å². The van der Waals surface area contributed by atoms with Crippen LogP contribution in [0.4, 0.5) is 9.93 Å². The molecule has 0 aromatic carbocycles. The normalized spacial score (nSPS) is 18.0. The van der Waals surface area contributed by atoms with Crippen LogP contribution in [0.3, 0.4) is 0 Å². The van der Waals surface area contributed by atoms with Gasteiger partial charge in [-0.15, -0.1) is 16.4 Å². The van der Waals surface area contributed by atoms with E-state index in [0.29, 0.717) is 0 Å². The molecule has 6 N–H and O–H groups in total. The Bertz CT molecular complexity index is 1220. The Morgan fingerprint density at radius 2 is 2.15 bits per heavy atom. The van der Waals surface area contributed by atoms with Gasteiger partial charge in [0.15, 0.2) is 23.3 Å². The van der Waals surface area contributed by atoms with Gasteiger partial charge in [-0.2, -0.15) is 8.42 Å². The summed E-state index contributed by atoms with van der Waals surface area (Å²) < 4.78 is 38.0. The third kappa shape index (κ3) is 6.15. The number of primary amides is 1. The van der Waals surface area contributed by atoms with Crippen LogP contribution in [0.15, 0.2) is 10.5 Å². The van der Waals surface area contributed by atoms with Crippen LogP contribution in [0.25, 0.3) is 0 Å². The van der Waals surface area contributed by atoms with E-state index in [4.69, 9.17) is 16.3 Å². The minimum atomic E-state index is -5.00. The first-order valence-electron chi connectivity index (χ1n) is 8.65. The molecule has 34 heavy (non-hydrogen) atoms. The number of hydrogen-bond donors (Lipinski definition) is 4. The number of aromatic nitrogens is 5. The summed E-state index contributed by atoms with van der Waals surface area (Å²) in [5.41, 5.74) is 10.0. The van der Waals surface area contributed by atoms with E-state index in [0.717, 1.165) is 11.3 Å². The van der Waals surface area contributed by atoms with Crippen molar-refractivity contribution in [3.8, 4) is 0 Å². The predicted molar refractivity (Wildman–Crippen MR) is 107 cm³/mol. The van der Waals surface area contributed by atoms with Crippen LogP contribution < -0.4 is 46.3 Å². The molecule has 3 amide bonds. The fraction of sp³-hybridized carbons (Fsp3) is 0.385. The standard InChI is InChI=1S/C13H16N10O8S2.Na.H/c1-22-7(18-20-21-22)3-31-19-8(5-4-32-12(14)16-5)10(24)17-9-6(2-30-13(15)26)23(11(9)25)33(27,28)29;;/h4,6,9H,2-3H2,1H3,(H2,14,16)(H2,15,26)(H,17,24)(H,27,28,29);;/q;+1;-1/b19-8-;;/t6-,9+;;/m1../s1. The van der Waals surface area contributed by atoms with Crippen molar-refractivity contribution in [1.29, 1.82) is 0 Å². The van der Waals surface area contributed by atoms with Crippen molar-refractivity contribution in [2.75, 3.05) is 12.3 Å². The Morgan fingerprint density at radius 3 is 2.68 bits per heavy atom. The maximum Gasteiger partial charge on any atom is 1.00 e. The van der Waals surface area contributed by atoms with Gasteiger partial charge in [-0.05, 0) is 10.4 Å². The number of nitrogens with two attached hydrogens (primary N) is 2. The number of anilines is 1. The molecule has 0 radical (unpaired) electrons. The molecule has 2 atom stereocenters. The van der Waals surface area contributed by atoms with Crippen molar-refractivity contribution in [2.45, 2.75) is 18.7 Å². The first-order chi connectivity index (χ1) is 15.5. The fourth-order valence-electron chi connectivity index (χ4n) is 2.63. The minimum absolute atomic E-state index is 0. The van der Waals surface area contributed by atoms with Crippen molar-refractivity contribution in [3.05, 3.63) is 16.9 Å². The van der Waals surface area contributed by atoms with Crippen LogP contribution in [0.2, 0.25) is 0 Å². The van der Waals surface area contributed by atoms with E-state index in [-0.39, 0.29) is 58.5 Å². The first-order valence-corrected chi connectivity index (χ1v) is 10.9. The molecule has 1 saturated heterocycles. The van der Waals surface area contributed by atoms with E-state index in [1.807, 2.05) is 0 Å². The smallest absolute Gasteiger partial charge is 1.00 e. The average Bonchev–Trinajstić information content (AvgIpc) is 3.32. The second-order valence-corrected chi connectivity index (χ2v) is 8.44. The number of oxime groups is 1. The Kier molecular flexibility index (Phi) is 8.85. The van der Waals surface area contributed by atoms with Crippen molar-refractivity contribution in [3.63, 3.8) is 0 Å². The van der Waals surface area contributed by atoms with Gasteiger partial charge in [0.2, 0.25) is 0 Å². The van der Waals surface area contributed by atoms with Gasteiger partial charge in [-0.1, -0.05) is 5.16 Å². The van der Waals surface area contributed by atoms with E-state index in [1.54, 1.807) is 7.05 Å². The number of tetrazole rings is 1. The zero-order valence-corrected chi connectivity index (χ0v) is 21.2. The van der Waals surface area contributed by atoms with Gasteiger partial charge in [0.1, 0.15) is 24.4 Å². The Hall–Kier alpha value is -2.91. The summed E-state index contributed by atoms with van der Waals surface area (Å²) in [6, 6.07) is -2.97. The molecule has 2 aromatic heterocycles. The SMILES string of the molecule is Cn1nnnc1CO/N=C(\C(=O)N[C@@H]1C(=O)N(S(=O)(=O)O)[C@@H]1COC(N)=O)c1csc(N)n1.[H-].[Na+]. The molecule has 21 heteroatoms. The molecule has 0 spiro atoms. The third-order valence-electron chi connectivity index (χ3n) is 4.14. The van der Waals surface area contributed by atoms with Gasteiger partial charge in [-0.25, -0.2) is 18.8 Å². The monoisotopic (exact) mass is 528 g/mol. The van der Waals surface area contributed by atoms with Crippen LogP contribution >= 0.6 is 11.3 Å². The number of carbonyl (C=O) groups is 3. The molecule has 18 nitrogen and oxygen atoms in total. The molecule has 3 rings (SSSR count). The van der Waals surface area contributed by atoms with Crippen molar-refractivity contribution in [2.24, 2.45) is 17.9 Å².